The first-order valence-corrected chi connectivity index (χ1v) is 6.53. The molecule has 1 heterocycles. The summed E-state index contributed by atoms with van der Waals surface area (Å²) in [5, 5.41) is 0. The molecule has 0 spiro atoms. The molecule has 4 nitrogen and oxygen atoms in total. The van der Waals surface area contributed by atoms with E-state index in [1.54, 1.807) is 25.4 Å². The number of nitrogens with zero attached hydrogens (tertiary/aromatic N) is 1. The zero-order chi connectivity index (χ0) is 14.5. The number of aromatic nitrogens is 1. The average Bonchev–Trinajstić information content (AvgIpc) is 2.46. The van der Waals surface area contributed by atoms with E-state index in [-0.39, 0.29) is 0 Å². The molecular weight excluding hydrogens is 272 g/mol. The van der Waals surface area contributed by atoms with Crippen LogP contribution in [0.25, 0.3) is 0 Å². The van der Waals surface area contributed by atoms with Crippen molar-refractivity contribution >= 4 is 17.2 Å². The Kier molecular flexibility index (Phi) is 4.53. The van der Waals surface area contributed by atoms with E-state index in [4.69, 9.17) is 27.4 Å². The second kappa shape index (κ2) is 6.34. The van der Waals surface area contributed by atoms with Gasteiger partial charge in [0.1, 0.15) is 11.6 Å². The zero-order valence-corrected chi connectivity index (χ0v) is 12.2. The Labute approximate surface area is 123 Å². The van der Waals surface area contributed by atoms with E-state index >= 15 is 0 Å². The number of hydrogen-bond acceptors (Lipinski definition) is 4. The number of thiocarbonyl (C=S) groups is 1. The maximum atomic E-state index is 5.76. The normalized spacial score (nSPS) is 10.1. The Balaban J connectivity index is 2.17. The van der Waals surface area contributed by atoms with Crippen LogP contribution in [-0.2, 0) is 6.61 Å². The molecule has 0 unspecified atom stereocenters. The fourth-order valence-corrected chi connectivity index (χ4v) is 1.88. The summed E-state index contributed by atoms with van der Waals surface area (Å²) < 4.78 is 11.1. The van der Waals surface area contributed by atoms with E-state index < -0.39 is 0 Å². The molecule has 104 valence electrons. The average molecular weight is 288 g/mol. The van der Waals surface area contributed by atoms with Gasteiger partial charge in [0.15, 0.2) is 11.5 Å². The second-order valence-electron chi connectivity index (χ2n) is 4.29. The predicted octanol–water partition coefficient (Wildman–Crippen LogP) is 2.61. The molecule has 0 saturated heterocycles. The summed E-state index contributed by atoms with van der Waals surface area (Å²) >= 11 is 4.94. The molecule has 0 radical (unpaired) electrons. The maximum Gasteiger partial charge on any atom is 0.161 e. The maximum absolute atomic E-state index is 5.76. The van der Waals surface area contributed by atoms with Crippen LogP contribution in [0.5, 0.6) is 11.5 Å². The summed E-state index contributed by atoms with van der Waals surface area (Å²) in [5.74, 6) is 1.24. The van der Waals surface area contributed by atoms with Gasteiger partial charge in [-0.1, -0.05) is 18.3 Å². The van der Waals surface area contributed by atoms with Crippen LogP contribution in [0.1, 0.15) is 16.8 Å². The smallest absolute Gasteiger partial charge is 0.161 e. The highest BCUT2D eigenvalue weighted by Gasteiger charge is 2.08. The molecule has 0 bridgehead atoms. The standard InChI is InChI=1S/C15H16N2O2S/c1-10-4-3-7-17-12(10)9-19-13-6-5-11(15(16)20)8-14(13)18-2/h3-8H,9H2,1-2H3,(H2,16,20). The van der Waals surface area contributed by atoms with Gasteiger partial charge in [-0.15, -0.1) is 0 Å². The molecule has 1 aromatic heterocycles. The lowest BCUT2D eigenvalue weighted by Gasteiger charge is -2.12. The number of hydrogen-bond donors (Lipinski definition) is 1. The lowest BCUT2D eigenvalue weighted by atomic mass is 10.2. The van der Waals surface area contributed by atoms with Crippen LogP contribution in [0.3, 0.4) is 0 Å². The van der Waals surface area contributed by atoms with Crippen molar-refractivity contribution in [2.24, 2.45) is 5.73 Å². The van der Waals surface area contributed by atoms with Crippen molar-refractivity contribution in [1.82, 2.24) is 4.98 Å². The van der Waals surface area contributed by atoms with Crippen LogP contribution in [0.2, 0.25) is 0 Å². The number of nitrogens with two attached hydrogens (primary N) is 1. The van der Waals surface area contributed by atoms with Gasteiger partial charge in [0.25, 0.3) is 0 Å². The molecule has 0 amide bonds. The zero-order valence-electron chi connectivity index (χ0n) is 11.4. The van der Waals surface area contributed by atoms with E-state index in [0.717, 1.165) is 16.8 Å². The first-order valence-electron chi connectivity index (χ1n) is 6.13. The van der Waals surface area contributed by atoms with Gasteiger partial charge in [0, 0.05) is 11.8 Å². The quantitative estimate of drug-likeness (QED) is 0.857. The van der Waals surface area contributed by atoms with Gasteiger partial charge in [0.2, 0.25) is 0 Å². The minimum absolute atomic E-state index is 0.329. The third kappa shape index (κ3) is 3.24. The largest absolute Gasteiger partial charge is 0.493 e. The number of benzene rings is 1. The Morgan fingerprint density at radius 1 is 1.30 bits per heavy atom. The molecule has 2 rings (SSSR count). The third-order valence-corrected chi connectivity index (χ3v) is 3.17. The molecule has 5 heteroatoms. The second-order valence-corrected chi connectivity index (χ2v) is 4.73. The Hall–Kier alpha value is -2.14. The van der Waals surface area contributed by atoms with Crippen molar-refractivity contribution in [3.05, 3.63) is 53.3 Å². The highest BCUT2D eigenvalue weighted by Crippen LogP contribution is 2.28. The predicted molar refractivity (Wildman–Crippen MR) is 82.2 cm³/mol. The first-order chi connectivity index (χ1) is 9.61. The van der Waals surface area contributed by atoms with Crippen molar-refractivity contribution in [3.8, 4) is 11.5 Å². The van der Waals surface area contributed by atoms with Crippen LogP contribution in [0.4, 0.5) is 0 Å². The van der Waals surface area contributed by atoms with E-state index in [0.29, 0.717) is 23.1 Å². The molecule has 0 aliphatic carbocycles. The number of aryl methyl sites for hydroxylation is 1. The summed E-state index contributed by atoms with van der Waals surface area (Å²) in [7, 11) is 1.58. The number of ether oxygens (including phenoxy) is 2. The first kappa shape index (κ1) is 14.3. The third-order valence-electron chi connectivity index (χ3n) is 2.93. The fraction of sp³-hybridized carbons (Fsp3) is 0.200. The molecule has 0 aliphatic rings. The van der Waals surface area contributed by atoms with Crippen LogP contribution in [0, 0.1) is 6.92 Å². The summed E-state index contributed by atoms with van der Waals surface area (Å²) in [6.45, 7) is 2.38. The molecule has 1 aromatic carbocycles. The van der Waals surface area contributed by atoms with Gasteiger partial charge >= 0.3 is 0 Å². The van der Waals surface area contributed by atoms with Gasteiger partial charge in [-0.05, 0) is 36.8 Å². The SMILES string of the molecule is COc1cc(C(N)=S)ccc1OCc1ncccc1C. The topological polar surface area (TPSA) is 57.4 Å². The van der Waals surface area contributed by atoms with Crippen LogP contribution >= 0.6 is 12.2 Å². The molecule has 0 fully saturated rings. The minimum Gasteiger partial charge on any atom is -0.493 e. The fourth-order valence-electron chi connectivity index (χ4n) is 1.76. The summed E-state index contributed by atoms with van der Waals surface area (Å²) in [5.41, 5.74) is 8.33. The Bertz CT molecular complexity index is 629. The van der Waals surface area contributed by atoms with Crippen LogP contribution in [0.15, 0.2) is 36.5 Å². The van der Waals surface area contributed by atoms with Crippen molar-refractivity contribution in [2.75, 3.05) is 7.11 Å². The summed E-state index contributed by atoms with van der Waals surface area (Å²) in [6.07, 6.45) is 1.75. The van der Waals surface area contributed by atoms with Gasteiger partial charge in [0.05, 0.1) is 12.8 Å². The van der Waals surface area contributed by atoms with Gasteiger partial charge in [-0.3, -0.25) is 4.98 Å². The van der Waals surface area contributed by atoms with Gasteiger partial charge < -0.3 is 15.2 Å². The van der Waals surface area contributed by atoms with Crippen molar-refractivity contribution < 1.29 is 9.47 Å². The van der Waals surface area contributed by atoms with Crippen molar-refractivity contribution in [3.63, 3.8) is 0 Å². The molecule has 0 aliphatic heterocycles. The molecule has 2 aromatic rings. The van der Waals surface area contributed by atoms with E-state index in [9.17, 15) is 0 Å². The molecule has 20 heavy (non-hydrogen) atoms. The molecular formula is C15H16N2O2S. The van der Waals surface area contributed by atoms with E-state index in [2.05, 4.69) is 4.98 Å². The van der Waals surface area contributed by atoms with E-state index in [1.807, 2.05) is 25.1 Å². The highest BCUT2D eigenvalue weighted by atomic mass is 32.1. The monoisotopic (exact) mass is 288 g/mol. The molecule has 2 N–H and O–H groups in total. The lowest BCUT2D eigenvalue weighted by molar-refractivity contribution is 0.280. The number of pyridine rings is 1. The lowest BCUT2D eigenvalue weighted by Crippen LogP contribution is -2.09. The van der Waals surface area contributed by atoms with Crippen LogP contribution in [-0.4, -0.2) is 17.1 Å². The molecule has 0 atom stereocenters. The van der Waals surface area contributed by atoms with Crippen molar-refractivity contribution in [1.29, 1.82) is 0 Å². The molecule has 0 saturated carbocycles. The highest BCUT2D eigenvalue weighted by molar-refractivity contribution is 7.80. The Morgan fingerprint density at radius 2 is 2.10 bits per heavy atom. The van der Waals surface area contributed by atoms with Gasteiger partial charge in [-0.25, -0.2) is 0 Å². The van der Waals surface area contributed by atoms with E-state index in [1.165, 1.54) is 0 Å². The number of methoxy groups -OCH3 is 1. The Morgan fingerprint density at radius 3 is 2.75 bits per heavy atom. The summed E-state index contributed by atoms with van der Waals surface area (Å²) in [6, 6.07) is 9.27. The number of rotatable bonds is 5. The van der Waals surface area contributed by atoms with Crippen LogP contribution < -0.4 is 15.2 Å². The van der Waals surface area contributed by atoms with Crippen molar-refractivity contribution in [2.45, 2.75) is 13.5 Å². The summed E-state index contributed by atoms with van der Waals surface area (Å²) in [4.78, 5) is 4.62. The van der Waals surface area contributed by atoms with Gasteiger partial charge in [-0.2, -0.15) is 0 Å². The minimum atomic E-state index is 0.329.